The van der Waals surface area contributed by atoms with Crippen LogP contribution in [0.25, 0.3) is 0 Å². The zero-order valence-electron chi connectivity index (χ0n) is 13.7. The van der Waals surface area contributed by atoms with Gasteiger partial charge in [-0.15, -0.1) is 0 Å². The summed E-state index contributed by atoms with van der Waals surface area (Å²) in [6, 6.07) is 5.01. The number of hydrogen-bond donors (Lipinski definition) is 0. The Bertz CT molecular complexity index is 416. The van der Waals surface area contributed by atoms with Crippen LogP contribution in [0.1, 0.15) is 82.1 Å². The normalized spacial score (nSPS) is 19.5. The second-order valence-corrected chi connectivity index (χ2v) is 6.63. The van der Waals surface area contributed by atoms with E-state index in [1.165, 1.54) is 43.2 Å². The molecule has 1 aromatic rings. The summed E-state index contributed by atoms with van der Waals surface area (Å²) in [4.78, 5) is 0. The Morgan fingerprint density at radius 1 is 0.737 bits per heavy atom. The molecule has 0 nitrogen and oxygen atoms in total. The smallest absolute Gasteiger partial charge is 0.00407 e. The average Bonchev–Trinajstić information content (AvgIpc) is 2.71. The molecule has 0 atom stereocenters. The average molecular weight is 258 g/mol. The molecule has 1 aliphatic rings. The molecule has 1 aromatic carbocycles. The van der Waals surface area contributed by atoms with Gasteiger partial charge in [0, 0.05) is 0 Å². The highest BCUT2D eigenvalue weighted by Crippen LogP contribution is 2.56. The van der Waals surface area contributed by atoms with Gasteiger partial charge < -0.3 is 0 Å². The summed E-state index contributed by atoms with van der Waals surface area (Å²) in [5, 5.41) is 0. The van der Waals surface area contributed by atoms with Gasteiger partial charge in [0.15, 0.2) is 0 Å². The zero-order chi connectivity index (χ0) is 14.3. The molecular weight excluding hydrogens is 228 g/mol. The zero-order valence-corrected chi connectivity index (χ0v) is 13.7. The highest BCUT2D eigenvalue weighted by Gasteiger charge is 2.48. The minimum absolute atomic E-state index is 0.430. The van der Waals surface area contributed by atoms with Gasteiger partial charge in [0.25, 0.3) is 0 Å². The summed E-state index contributed by atoms with van der Waals surface area (Å²) in [6.07, 6.45) is 6.47. The second-order valence-electron chi connectivity index (χ2n) is 6.63. The van der Waals surface area contributed by atoms with Crippen LogP contribution in [0.4, 0.5) is 0 Å². The molecule has 0 unspecified atom stereocenters. The fraction of sp³-hybridized carbons (Fsp3) is 0.684. The van der Waals surface area contributed by atoms with E-state index in [2.05, 4.69) is 53.7 Å². The van der Waals surface area contributed by atoms with Gasteiger partial charge >= 0.3 is 0 Å². The lowest BCUT2D eigenvalue weighted by atomic mass is 9.71. The van der Waals surface area contributed by atoms with Crippen molar-refractivity contribution in [3.63, 3.8) is 0 Å². The molecule has 0 saturated carbocycles. The number of hydrogen-bond acceptors (Lipinski definition) is 0. The maximum Gasteiger partial charge on any atom is -0.00407 e. The van der Waals surface area contributed by atoms with Crippen molar-refractivity contribution in [3.8, 4) is 0 Å². The lowest BCUT2D eigenvalue weighted by molar-refractivity contribution is 0.284. The highest BCUT2D eigenvalue weighted by atomic mass is 14.5. The first-order valence-corrected chi connectivity index (χ1v) is 8.10. The van der Waals surface area contributed by atoms with Crippen molar-refractivity contribution >= 4 is 0 Å². The molecule has 0 heteroatoms. The molecule has 0 saturated heterocycles. The first-order valence-electron chi connectivity index (χ1n) is 8.10. The topological polar surface area (TPSA) is 0 Å². The van der Waals surface area contributed by atoms with Crippen LogP contribution in [-0.4, -0.2) is 0 Å². The summed E-state index contributed by atoms with van der Waals surface area (Å²) < 4.78 is 0. The van der Waals surface area contributed by atoms with Crippen molar-refractivity contribution < 1.29 is 0 Å². The van der Waals surface area contributed by atoms with Crippen LogP contribution in [0.2, 0.25) is 0 Å². The van der Waals surface area contributed by atoms with Gasteiger partial charge in [-0.3, -0.25) is 0 Å². The molecule has 1 aliphatic carbocycles. The Balaban J connectivity index is 2.71. The summed E-state index contributed by atoms with van der Waals surface area (Å²) in [5.74, 6) is 0. The molecule has 0 bridgehead atoms. The minimum atomic E-state index is 0.430. The quantitative estimate of drug-likeness (QED) is 0.638. The first-order chi connectivity index (χ1) is 8.98. The van der Waals surface area contributed by atoms with E-state index in [-0.39, 0.29) is 0 Å². The van der Waals surface area contributed by atoms with Gasteiger partial charge in [0.05, 0.1) is 0 Å². The third-order valence-electron chi connectivity index (χ3n) is 6.16. The summed E-state index contributed by atoms with van der Waals surface area (Å²) in [5.41, 5.74) is 7.13. The van der Waals surface area contributed by atoms with Crippen LogP contribution in [0.5, 0.6) is 0 Å². The molecule has 0 aromatic heterocycles. The van der Waals surface area contributed by atoms with Crippen LogP contribution >= 0.6 is 0 Å². The van der Waals surface area contributed by atoms with Crippen molar-refractivity contribution in [3.05, 3.63) is 34.4 Å². The standard InChI is InChI=1S/C19H30/c1-7-18(8-2)13-19(9-3,10-4)17-12-15(6)14(5)11-16(17)18/h11-12H,7-10,13H2,1-6H3. The van der Waals surface area contributed by atoms with Gasteiger partial charge in [-0.1, -0.05) is 39.8 Å². The molecule has 0 aliphatic heterocycles. The molecule has 0 amide bonds. The fourth-order valence-electron chi connectivity index (χ4n) is 4.29. The van der Waals surface area contributed by atoms with Crippen molar-refractivity contribution in [2.24, 2.45) is 0 Å². The maximum atomic E-state index is 2.50. The Hall–Kier alpha value is -0.780. The molecule has 0 spiro atoms. The van der Waals surface area contributed by atoms with Gasteiger partial charge in [0.1, 0.15) is 0 Å². The van der Waals surface area contributed by atoms with Gasteiger partial charge in [-0.25, -0.2) is 0 Å². The summed E-state index contributed by atoms with van der Waals surface area (Å²) in [6.45, 7) is 14.1. The van der Waals surface area contributed by atoms with Crippen LogP contribution in [0.3, 0.4) is 0 Å². The molecule has 0 heterocycles. The van der Waals surface area contributed by atoms with E-state index >= 15 is 0 Å². The van der Waals surface area contributed by atoms with Crippen molar-refractivity contribution in [1.82, 2.24) is 0 Å². The molecule has 2 rings (SSSR count). The lowest BCUT2D eigenvalue weighted by Crippen LogP contribution is -2.27. The van der Waals surface area contributed by atoms with E-state index in [9.17, 15) is 0 Å². The van der Waals surface area contributed by atoms with Crippen molar-refractivity contribution in [2.45, 2.75) is 84.5 Å². The first kappa shape index (κ1) is 14.6. The molecule has 0 N–H and O–H groups in total. The fourth-order valence-corrected chi connectivity index (χ4v) is 4.29. The third-order valence-corrected chi connectivity index (χ3v) is 6.16. The molecule has 0 radical (unpaired) electrons. The van der Waals surface area contributed by atoms with Crippen LogP contribution in [0.15, 0.2) is 12.1 Å². The van der Waals surface area contributed by atoms with Gasteiger partial charge in [-0.05, 0) is 79.0 Å². The maximum absolute atomic E-state index is 2.50. The van der Waals surface area contributed by atoms with Crippen LogP contribution in [-0.2, 0) is 10.8 Å². The minimum Gasteiger partial charge on any atom is -0.0645 e. The monoisotopic (exact) mass is 258 g/mol. The van der Waals surface area contributed by atoms with E-state index in [0.717, 1.165) is 0 Å². The predicted molar refractivity (Wildman–Crippen MR) is 85.1 cm³/mol. The lowest BCUT2D eigenvalue weighted by Gasteiger charge is -2.32. The van der Waals surface area contributed by atoms with Crippen LogP contribution in [0, 0.1) is 13.8 Å². The third kappa shape index (κ3) is 1.95. The number of benzene rings is 1. The Morgan fingerprint density at radius 2 is 1.05 bits per heavy atom. The number of aryl methyl sites for hydroxylation is 2. The molecular formula is C19H30. The Kier molecular flexibility index (Phi) is 3.82. The molecule has 19 heavy (non-hydrogen) atoms. The number of fused-ring (bicyclic) bond motifs is 1. The van der Waals surface area contributed by atoms with Gasteiger partial charge in [0.2, 0.25) is 0 Å². The predicted octanol–water partition coefficient (Wildman–Crippen LogP) is 5.82. The second kappa shape index (κ2) is 4.96. The van der Waals surface area contributed by atoms with E-state index < -0.39 is 0 Å². The summed E-state index contributed by atoms with van der Waals surface area (Å²) in [7, 11) is 0. The van der Waals surface area contributed by atoms with E-state index in [1.807, 2.05) is 0 Å². The molecule has 106 valence electrons. The highest BCUT2D eigenvalue weighted by molar-refractivity contribution is 5.50. The van der Waals surface area contributed by atoms with Crippen molar-refractivity contribution in [2.75, 3.05) is 0 Å². The van der Waals surface area contributed by atoms with Crippen LogP contribution < -0.4 is 0 Å². The largest absolute Gasteiger partial charge is 0.0645 e. The van der Waals surface area contributed by atoms with E-state index in [1.54, 1.807) is 11.1 Å². The Morgan fingerprint density at radius 3 is 1.32 bits per heavy atom. The van der Waals surface area contributed by atoms with Gasteiger partial charge in [-0.2, -0.15) is 0 Å². The van der Waals surface area contributed by atoms with E-state index in [4.69, 9.17) is 0 Å². The van der Waals surface area contributed by atoms with Crippen molar-refractivity contribution in [1.29, 1.82) is 0 Å². The number of rotatable bonds is 4. The Labute approximate surface area is 119 Å². The molecule has 0 fully saturated rings. The summed E-state index contributed by atoms with van der Waals surface area (Å²) >= 11 is 0. The SMILES string of the molecule is CCC1(CC)CC(CC)(CC)c2cc(C)c(C)cc21. The van der Waals surface area contributed by atoms with E-state index in [0.29, 0.717) is 10.8 Å².